The number of hydrogen-bond donors (Lipinski definition) is 0. The van der Waals surface area contributed by atoms with Crippen molar-refractivity contribution in [2.45, 2.75) is 33.7 Å². The molecule has 0 saturated heterocycles. The zero-order valence-electron chi connectivity index (χ0n) is 22.1. The van der Waals surface area contributed by atoms with E-state index < -0.39 is 11.7 Å². The standard InChI is InChI=1S/C29H35FN2O4S/c1-20(2)17-32(29(34)23-8-6-7-9-24(23)30)19-28(33)31(18-27-21(3)13-15-37-27)14-12-22-10-11-25(35-4)26(16-22)36-5/h6-11,13,15-16,20H,12,14,17-19H2,1-5H3. The summed E-state index contributed by atoms with van der Waals surface area (Å²) in [4.78, 5) is 31.2. The van der Waals surface area contributed by atoms with Crippen molar-refractivity contribution in [3.8, 4) is 11.5 Å². The van der Waals surface area contributed by atoms with Gasteiger partial charge in [0.2, 0.25) is 5.91 Å². The number of carbonyl (C=O) groups excluding carboxylic acids is 2. The van der Waals surface area contributed by atoms with Gasteiger partial charge in [0.25, 0.3) is 5.91 Å². The number of aryl methyl sites for hydroxylation is 1. The summed E-state index contributed by atoms with van der Waals surface area (Å²) in [6, 6.07) is 13.6. The number of carbonyl (C=O) groups is 2. The molecule has 0 bridgehead atoms. The van der Waals surface area contributed by atoms with Crippen LogP contribution in [0.3, 0.4) is 0 Å². The number of methoxy groups -OCH3 is 2. The van der Waals surface area contributed by atoms with Crippen LogP contribution in [0.1, 0.15) is 40.2 Å². The smallest absolute Gasteiger partial charge is 0.257 e. The van der Waals surface area contributed by atoms with Crippen LogP contribution in [-0.2, 0) is 17.8 Å². The minimum atomic E-state index is -0.590. The molecule has 0 N–H and O–H groups in total. The molecule has 2 aromatic carbocycles. The summed E-state index contributed by atoms with van der Waals surface area (Å²) >= 11 is 1.60. The Morgan fingerprint density at radius 2 is 1.73 bits per heavy atom. The lowest BCUT2D eigenvalue weighted by Gasteiger charge is -2.29. The van der Waals surface area contributed by atoms with Crippen LogP contribution in [0.4, 0.5) is 4.39 Å². The molecule has 37 heavy (non-hydrogen) atoms. The molecule has 8 heteroatoms. The first-order chi connectivity index (χ1) is 17.7. The predicted molar refractivity (Wildman–Crippen MR) is 145 cm³/mol. The Hall–Kier alpha value is -3.39. The zero-order chi connectivity index (χ0) is 26.9. The Morgan fingerprint density at radius 1 is 1.00 bits per heavy atom. The van der Waals surface area contributed by atoms with Crippen molar-refractivity contribution in [1.82, 2.24) is 9.80 Å². The molecule has 3 aromatic rings. The van der Waals surface area contributed by atoms with Crippen molar-refractivity contribution >= 4 is 23.2 Å². The maximum Gasteiger partial charge on any atom is 0.257 e. The number of benzene rings is 2. The summed E-state index contributed by atoms with van der Waals surface area (Å²) in [7, 11) is 3.18. The van der Waals surface area contributed by atoms with Crippen LogP contribution in [0.25, 0.3) is 0 Å². The van der Waals surface area contributed by atoms with Gasteiger partial charge in [0.1, 0.15) is 12.4 Å². The topological polar surface area (TPSA) is 59.1 Å². The van der Waals surface area contributed by atoms with E-state index in [1.807, 2.05) is 50.4 Å². The highest BCUT2D eigenvalue weighted by molar-refractivity contribution is 7.10. The lowest BCUT2D eigenvalue weighted by Crippen LogP contribution is -2.44. The Morgan fingerprint density at radius 3 is 2.35 bits per heavy atom. The second-order valence-electron chi connectivity index (χ2n) is 9.34. The molecule has 0 radical (unpaired) electrons. The molecular formula is C29H35FN2O4S. The van der Waals surface area contributed by atoms with E-state index in [-0.39, 0.29) is 23.9 Å². The fourth-order valence-corrected chi connectivity index (χ4v) is 4.98. The van der Waals surface area contributed by atoms with E-state index in [1.165, 1.54) is 17.0 Å². The summed E-state index contributed by atoms with van der Waals surface area (Å²) in [6.07, 6.45) is 0.599. The van der Waals surface area contributed by atoms with Crippen LogP contribution < -0.4 is 9.47 Å². The van der Waals surface area contributed by atoms with Crippen molar-refractivity contribution in [2.24, 2.45) is 5.92 Å². The van der Waals surface area contributed by atoms with Gasteiger partial charge < -0.3 is 19.3 Å². The zero-order valence-corrected chi connectivity index (χ0v) is 22.9. The van der Waals surface area contributed by atoms with Crippen LogP contribution in [0.2, 0.25) is 0 Å². The van der Waals surface area contributed by atoms with Gasteiger partial charge in [-0.05, 0) is 66.1 Å². The molecule has 2 amide bonds. The Labute approximate surface area is 222 Å². The van der Waals surface area contributed by atoms with Gasteiger partial charge in [0.15, 0.2) is 11.5 Å². The fraction of sp³-hybridized carbons (Fsp3) is 0.379. The van der Waals surface area contributed by atoms with Crippen LogP contribution in [0.5, 0.6) is 11.5 Å². The first kappa shape index (κ1) is 28.2. The second-order valence-corrected chi connectivity index (χ2v) is 10.3. The second kappa shape index (κ2) is 13.2. The number of halogens is 1. The molecule has 0 aliphatic heterocycles. The van der Waals surface area contributed by atoms with Gasteiger partial charge in [-0.1, -0.05) is 32.0 Å². The summed E-state index contributed by atoms with van der Waals surface area (Å²) in [5.41, 5.74) is 2.09. The van der Waals surface area contributed by atoms with Crippen molar-refractivity contribution in [3.05, 3.63) is 81.3 Å². The highest BCUT2D eigenvalue weighted by atomic mass is 32.1. The number of nitrogens with zero attached hydrogens (tertiary/aromatic N) is 2. The maximum atomic E-state index is 14.4. The molecule has 0 saturated carbocycles. The van der Waals surface area contributed by atoms with Crippen LogP contribution in [0.15, 0.2) is 53.9 Å². The van der Waals surface area contributed by atoms with E-state index in [0.29, 0.717) is 37.6 Å². The average molecular weight is 527 g/mol. The molecule has 0 aliphatic rings. The van der Waals surface area contributed by atoms with Gasteiger partial charge in [-0.2, -0.15) is 0 Å². The largest absolute Gasteiger partial charge is 0.493 e. The molecule has 1 heterocycles. The quantitative estimate of drug-likeness (QED) is 0.309. The number of hydrogen-bond acceptors (Lipinski definition) is 5. The lowest BCUT2D eigenvalue weighted by atomic mass is 10.1. The number of ether oxygens (including phenoxy) is 2. The predicted octanol–water partition coefficient (Wildman–Crippen LogP) is 5.58. The third kappa shape index (κ3) is 7.55. The van der Waals surface area contributed by atoms with Gasteiger partial charge in [-0.15, -0.1) is 11.3 Å². The average Bonchev–Trinajstić information content (AvgIpc) is 3.29. The molecule has 6 nitrogen and oxygen atoms in total. The molecule has 198 valence electrons. The summed E-state index contributed by atoms with van der Waals surface area (Å²) in [6.45, 7) is 7.08. The molecule has 0 aliphatic carbocycles. The van der Waals surface area contributed by atoms with E-state index in [2.05, 4.69) is 0 Å². The molecule has 0 atom stereocenters. The van der Waals surface area contributed by atoms with E-state index in [1.54, 1.807) is 42.6 Å². The first-order valence-corrected chi connectivity index (χ1v) is 13.2. The molecule has 0 spiro atoms. The van der Waals surface area contributed by atoms with Crippen LogP contribution >= 0.6 is 11.3 Å². The van der Waals surface area contributed by atoms with E-state index in [0.717, 1.165) is 16.0 Å². The van der Waals surface area contributed by atoms with Crippen molar-refractivity contribution in [2.75, 3.05) is 33.9 Å². The van der Waals surface area contributed by atoms with E-state index >= 15 is 0 Å². The maximum absolute atomic E-state index is 14.4. The third-order valence-electron chi connectivity index (χ3n) is 6.08. The first-order valence-electron chi connectivity index (χ1n) is 12.3. The number of thiophene rings is 1. The molecule has 1 aromatic heterocycles. The molecular weight excluding hydrogens is 491 g/mol. The molecule has 3 rings (SSSR count). The molecule has 0 fully saturated rings. The Kier molecular flexibility index (Phi) is 10.1. The third-order valence-corrected chi connectivity index (χ3v) is 7.08. The Bertz CT molecular complexity index is 1210. The lowest BCUT2D eigenvalue weighted by molar-refractivity contribution is -0.132. The van der Waals surface area contributed by atoms with Crippen LogP contribution in [-0.4, -0.2) is 55.5 Å². The number of rotatable bonds is 12. The van der Waals surface area contributed by atoms with Crippen LogP contribution in [0, 0.1) is 18.7 Å². The van der Waals surface area contributed by atoms with Gasteiger partial charge in [-0.3, -0.25) is 9.59 Å². The van der Waals surface area contributed by atoms with Crippen molar-refractivity contribution in [3.63, 3.8) is 0 Å². The minimum absolute atomic E-state index is 0.0260. The van der Waals surface area contributed by atoms with E-state index in [9.17, 15) is 14.0 Å². The monoisotopic (exact) mass is 526 g/mol. The fourth-order valence-electron chi connectivity index (χ4n) is 4.06. The van der Waals surface area contributed by atoms with Gasteiger partial charge >= 0.3 is 0 Å². The molecule has 0 unspecified atom stereocenters. The van der Waals surface area contributed by atoms with Gasteiger partial charge in [0.05, 0.1) is 26.3 Å². The number of amides is 2. The van der Waals surface area contributed by atoms with Crippen molar-refractivity contribution in [1.29, 1.82) is 0 Å². The Balaban J connectivity index is 1.82. The summed E-state index contributed by atoms with van der Waals surface area (Å²) in [5.74, 6) is 0.136. The minimum Gasteiger partial charge on any atom is -0.493 e. The highest BCUT2D eigenvalue weighted by Crippen LogP contribution is 2.28. The summed E-state index contributed by atoms with van der Waals surface area (Å²) in [5, 5.41) is 2.01. The SMILES string of the molecule is COc1ccc(CCN(Cc2sccc2C)C(=O)CN(CC(C)C)C(=O)c2ccccc2F)cc1OC. The normalized spacial score (nSPS) is 10.9. The van der Waals surface area contributed by atoms with Gasteiger partial charge in [0, 0.05) is 18.0 Å². The highest BCUT2D eigenvalue weighted by Gasteiger charge is 2.25. The van der Waals surface area contributed by atoms with Crippen molar-refractivity contribution < 1.29 is 23.5 Å². The summed E-state index contributed by atoms with van der Waals surface area (Å²) < 4.78 is 25.1. The van der Waals surface area contributed by atoms with E-state index in [4.69, 9.17) is 9.47 Å². The van der Waals surface area contributed by atoms with Gasteiger partial charge in [-0.25, -0.2) is 4.39 Å².